The fourth-order valence-electron chi connectivity index (χ4n) is 2.47. The predicted molar refractivity (Wildman–Crippen MR) is 71.4 cm³/mol. The van der Waals surface area contributed by atoms with Crippen LogP contribution >= 0.6 is 0 Å². The van der Waals surface area contributed by atoms with Crippen LogP contribution in [-0.2, 0) is 11.2 Å². The summed E-state index contributed by atoms with van der Waals surface area (Å²) < 4.78 is 1.83. The third-order valence-corrected chi connectivity index (χ3v) is 3.55. The van der Waals surface area contributed by atoms with Crippen LogP contribution in [0.5, 0.6) is 0 Å². The van der Waals surface area contributed by atoms with E-state index in [4.69, 9.17) is 5.11 Å². The van der Waals surface area contributed by atoms with Crippen LogP contribution < -0.4 is 5.69 Å². The van der Waals surface area contributed by atoms with Gasteiger partial charge in [-0.05, 0) is 43.4 Å². The van der Waals surface area contributed by atoms with E-state index < -0.39 is 5.97 Å². The number of benzene rings is 1. The number of nitrogens with zero attached hydrogens (tertiary/aromatic N) is 1. The average molecular weight is 260 g/mol. The van der Waals surface area contributed by atoms with Gasteiger partial charge in [0.25, 0.3) is 0 Å². The maximum Gasteiger partial charge on any atom is 0.326 e. The lowest BCUT2D eigenvalue weighted by Crippen LogP contribution is -2.14. The number of aromatic nitrogens is 2. The molecule has 2 N–H and O–H groups in total. The molecule has 1 aromatic carbocycles. The minimum absolute atomic E-state index is 0.0415. The van der Waals surface area contributed by atoms with Gasteiger partial charge in [-0.15, -0.1) is 0 Å². The summed E-state index contributed by atoms with van der Waals surface area (Å²) in [6, 6.07) is 6.26. The lowest BCUT2D eigenvalue weighted by molar-refractivity contribution is -0.137. The molecule has 19 heavy (non-hydrogen) atoms. The van der Waals surface area contributed by atoms with Gasteiger partial charge in [-0.1, -0.05) is 6.07 Å². The zero-order valence-electron chi connectivity index (χ0n) is 10.6. The molecule has 5 heteroatoms. The van der Waals surface area contributed by atoms with Gasteiger partial charge < -0.3 is 10.1 Å². The SMILES string of the molecule is O=C(O)CCCc1ccc2c(c1)[nH]c(=O)n2C1CC1. The number of aromatic amines is 1. The average Bonchev–Trinajstić information content (AvgIpc) is 3.11. The van der Waals surface area contributed by atoms with Gasteiger partial charge in [-0.2, -0.15) is 0 Å². The number of hydrogen-bond acceptors (Lipinski definition) is 2. The van der Waals surface area contributed by atoms with Crippen molar-refractivity contribution >= 4 is 17.0 Å². The van der Waals surface area contributed by atoms with Crippen molar-refractivity contribution in [1.82, 2.24) is 9.55 Å². The van der Waals surface area contributed by atoms with Crippen molar-refractivity contribution in [3.63, 3.8) is 0 Å². The first kappa shape index (κ1) is 12.0. The first-order valence-electron chi connectivity index (χ1n) is 6.60. The zero-order valence-corrected chi connectivity index (χ0v) is 10.6. The van der Waals surface area contributed by atoms with Gasteiger partial charge in [-0.3, -0.25) is 9.36 Å². The molecular weight excluding hydrogens is 244 g/mol. The number of aliphatic carboxylic acids is 1. The van der Waals surface area contributed by atoms with E-state index in [9.17, 15) is 9.59 Å². The molecule has 0 atom stereocenters. The smallest absolute Gasteiger partial charge is 0.326 e. The number of hydrogen-bond donors (Lipinski definition) is 2. The van der Waals surface area contributed by atoms with E-state index in [0.717, 1.165) is 35.9 Å². The molecule has 0 amide bonds. The molecule has 1 saturated carbocycles. The highest BCUT2D eigenvalue weighted by molar-refractivity contribution is 5.76. The maximum absolute atomic E-state index is 11.9. The Morgan fingerprint density at radius 1 is 1.42 bits per heavy atom. The van der Waals surface area contributed by atoms with Crippen molar-refractivity contribution in [1.29, 1.82) is 0 Å². The van der Waals surface area contributed by atoms with Crippen LogP contribution in [-0.4, -0.2) is 20.6 Å². The lowest BCUT2D eigenvalue weighted by Gasteiger charge is -2.02. The molecule has 5 nitrogen and oxygen atoms in total. The summed E-state index contributed by atoms with van der Waals surface area (Å²) in [4.78, 5) is 25.2. The Kier molecular flexibility index (Phi) is 2.89. The third kappa shape index (κ3) is 2.41. The number of carboxylic acid groups (broad SMARTS) is 1. The van der Waals surface area contributed by atoms with Crippen LogP contribution in [0.1, 0.15) is 37.3 Å². The number of H-pyrrole nitrogens is 1. The van der Waals surface area contributed by atoms with Gasteiger partial charge in [0.15, 0.2) is 0 Å². The molecule has 2 aromatic rings. The van der Waals surface area contributed by atoms with Crippen molar-refractivity contribution in [2.24, 2.45) is 0 Å². The molecule has 100 valence electrons. The molecule has 0 aliphatic heterocycles. The van der Waals surface area contributed by atoms with E-state index in [-0.39, 0.29) is 12.1 Å². The van der Waals surface area contributed by atoms with E-state index in [1.807, 2.05) is 22.8 Å². The third-order valence-electron chi connectivity index (χ3n) is 3.55. The zero-order chi connectivity index (χ0) is 13.4. The minimum atomic E-state index is -0.769. The summed E-state index contributed by atoms with van der Waals surface area (Å²) in [5.74, 6) is -0.769. The van der Waals surface area contributed by atoms with E-state index in [2.05, 4.69) is 4.98 Å². The summed E-state index contributed by atoms with van der Waals surface area (Å²) >= 11 is 0. The van der Waals surface area contributed by atoms with Gasteiger partial charge in [0, 0.05) is 12.5 Å². The number of rotatable bonds is 5. The standard InChI is InChI=1S/C14H16N2O3/c17-13(18)3-1-2-9-4-7-12-11(8-9)15-14(19)16(12)10-5-6-10/h4,7-8,10H,1-3,5-6H2,(H,15,19)(H,17,18). The Morgan fingerprint density at radius 2 is 2.21 bits per heavy atom. The van der Waals surface area contributed by atoms with E-state index >= 15 is 0 Å². The van der Waals surface area contributed by atoms with Crippen molar-refractivity contribution < 1.29 is 9.90 Å². The summed E-state index contributed by atoms with van der Waals surface area (Å²) in [7, 11) is 0. The van der Waals surface area contributed by atoms with Gasteiger partial charge in [0.05, 0.1) is 11.0 Å². The molecular formula is C14H16N2O3. The molecule has 1 aliphatic carbocycles. The maximum atomic E-state index is 11.9. The summed E-state index contributed by atoms with van der Waals surface area (Å²) in [5.41, 5.74) is 2.83. The first-order valence-corrected chi connectivity index (χ1v) is 6.60. The molecule has 1 aromatic heterocycles. The minimum Gasteiger partial charge on any atom is -0.481 e. The molecule has 0 bridgehead atoms. The summed E-state index contributed by atoms with van der Waals surface area (Å²) in [5, 5.41) is 8.62. The Balaban J connectivity index is 1.85. The Morgan fingerprint density at radius 3 is 2.89 bits per heavy atom. The second kappa shape index (κ2) is 4.57. The predicted octanol–water partition coefficient (Wildman–Crippen LogP) is 2.07. The van der Waals surface area contributed by atoms with Crippen LogP contribution in [0.4, 0.5) is 0 Å². The summed E-state index contributed by atoms with van der Waals surface area (Å²) in [6.07, 6.45) is 3.67. The van der Waals surface area contributed by atoms with E-state index in [1.165, 1.54) is 0 Å². The van der Waals surface area contributed by atoms with Crippen molar-refractivity contribution in [3.05, 3.63) is 34.2 Å². The first-order chi connectivity index (χ1) is 9.15. The molecule has 1 heterocycles. The molecule has 0 radical (unpaired) electrons. The van der Waals surface area contributed by atoms with Crippen molar-refractivity contribution in [3.8, 4) is 0 Å². The highest BCUT2D eigenvalue weighted by atomic mass is 16.4. The van der Waals surface area contributed by atoms with Crippen LogP contribution in [0, 0.1) is 0 Å². The van der Waals surface area contributed by atoms with Gasteiger partial charge in [0.2, 0.25) is 0 Å². The fourth-order valence-corrected chi connectivity index (χ4v) is 2.47. The van der Waals surface area contributed by atoms with Crippen LogP contribution in [0.3, 0.4) is 0 Å². The topological polar surface area (TPSA) is 75.1 Å². The monoisotopic (exact) mass is 260 g/mol. The largest absolute Gasteiger partial charge is 0.481 e. The second-order valence-corrected chi connectivity index (χ2v) is 5.13. The summed E-state index contributed by atoms with van der Waals surface area (Å²) in [6.45, 7) is 0. The van der Waals surface area contributed by atoms with Crippen molar-refractivity contribution in [2.75, 3.05) is 0 Å². The molecule has 0 saturated heterocycles. The van der Waals surface area contributed by atoms with E-state index in [0.29, 0.717) is 12.5 Å². The van der Waals surface area contributed by atoms with Gasteiger partial charge >= 0.3 is 11.7 Å². The highest BCUT2D eigenvalue weighted by Crippen LogP contribution is 2.35. The number of imidazole rings is 1. The number of carbonyl (C=O) groups is 1. The van der Waals surface area contributed by atoms with Crippen LogP contribution in [0.15, 0.2) is 23.0 Å². The Hall–Kier alpha value is -2.04. The van der Waals surface area contributed by atoms with Gasteiger partial charge in [0.1, 0.15) is 0 Å². The number of nitrogens with one attached hydrogen (secondary N) is 1. The van der Waals surface area contributed by atoms with Crippen LogP contribution in [0.2, 0.25) is 0 Å². The molecule has 0 unspecified atom stereocenters. The van der Waals surface area contributed by atoms with Crippen molar-refractivity contribution in [2.45, 2.75) is 38.1 Å². The lowest BCUT2D eigenvalue weighted by atomic mass is 10.1. The Labute approximate surface area is 109 Å². The Bertz CT molecular complexity index is 680. The highest BCUT2D eigenvalue weighted by Gasteiger charge is 2.27. The second-order valence-electron chi connectivity index (χ2n) is 5.13. The number of fused-ring (bicyclic) bond motifs is 1. The fraction of sp³-hybridized carbons (Fsp3) is 0.429. The normalized spacial score (nSPS) is 14.9. The molecule has 0 spiro atoms. The molecule has 3 rings (SSSR count). The van der Waals surface area contributed by atoms with Gasteiger partial charge in [-0.25, -0.2) is 4.79 Å². The molecule has 1 fully saturated rings. The van der Waals surface area contributed by atoms with Crippen LogP contribution in [0.25, 0.3) is 11.0 Å². The number of aryl methyl sites for hydroxylation is 1. The van der Waals surface area contributed by atoms with E-state index in [1.54, 1.807) is 0 Å². The number of carboxylic acids is 1. The quantitative estimate of drug-likeness (QED) is 0.864. The molecule has 1 aliphatic rings.